The third-order valence-electron chi connectivity index (χ3n) is 3.99. The number of halogens is 2. The molecule has 0 unspecified atom stereocenters. The van der Waals surface area contributed by atoms with Gasteiger partial charge in [-0.3, -0.25) is 0 Å². The molecule has 0 atom stereocenters. The Labute approximate surface area is 161 Å². The summed E-state index contributed by atoms with van der Waals surface area (Å²) in [5, 5.41) is 0.405. The molecule has 1 aromatic carbocycles. The first-order valence-corrected chi connectivity index (χ1v) is 9.48. The largest absolute Gasteiger partial charge is 0.465 e. The molecule has 0 spiro atoms. The van der Waals surface area contributed by atoms with Crippen molar-refractivity contribution in [3.8, 4) is 0 Å². The van der Waals surface area contributed by atoms with Crippen LogP contribution in [0, 0.1) is 5.82 Å². The monoisotopic (exact) mass is 430 g/mol. The minimum absolute atomic E-state index is 0.206. The highest BCUT2D eigenvalue weighted by Gasteiger charge is 2.27. The Morgan fingerprint density at radius 1 is 1.19 bits per heavy atom. The van der Waals surface area contributed by atoms with E-state index in [1.807, 2.05) is 25.7 Å². The van der Waals surface area contributed by atoms with E-state index in [2.05, 4.69) is 15.9 Å². The highest BCUT2D eigenvalue weighted by molar-refractivity contribution is 9.08. The van der Waals surface area contributed by atoms with Crippen LogP contribution in [0.1, 0.15) is 36.7 Å². The standard InChI is InChI=1S/C18H24BrFN2O4/c1-18(2,3)26-17(24)22-7-5-21(6-8-22)15-9-12(11-19)13(10-14(15)20)16(23)25-4/h9-10H,5-8,11H2,1-4H3. The number of amides is 1. The normalized spacial score (nSPS) is 15.0. The van der Waals surface area contributed by atoms with Crippen molar-refractivity contribution in [2.45, 2.75) is 31.7 Å². The van der Waals surface area contributed by atoms with Gasteiger partial charge in [0.25, 0.3) is 0 Å². The third-order valence-corrected chi connectivity index (χ3v) is 4.60. The van der Waals surface area contributed by atoms with Crippen molar-refractivity contribution < 1.29 is 23.5 Å². The Balaban J connectivity index is 2.12. The Morgan fingerprint density at radius 2 is 1.81 bits per heavy atom. The first-order valence-electron chi connectivity index (χ1n) is 8.36. The molecule has 0 bridgehead atoms. The van der Waals surface area contributed by atoms with Crippen molar-refractivity contribution in [1.82, 2.24) is 4.90 Å². The number of carbonyl (C=O) groups excluding carboxylic acids is 2. The number of hydrogen-bond donors (Lipinski definition) is 0. The van der Waals surface area contributed by atoms with Gasteiger partial charge in [-0.1, -0.05) is 15.9 Å². The lowest BCUT2D eigenvalue weighted by Crippen LogP contribution is -2.50. The van der Waals surface area contributed by atoms with Crippen LogP contribution in [0.4, 0.5) is 14.9 Å². The zero-order valence-electron chi connectivity index (χ0n) is 15.5. The topological polar surface area (TPSA) is 59.1 Å². The van der Waals surface area contributed by atoms with Crippen LogP contribution < -0.4 is 4.90 Å². The quantitative estimate of drug-likeness (QED) is 0.541. The summed E-state index contributed by atoms with van der Waals surface area (Å²) in [5.41, 5.74) is 0.728. The van der Waals surface area contributed by atoms with Gasteiger partial charge in [-0.2, -0.15) is 0 Å². The van der Waals surface area contributed by atoms with E-state index >= 15 is 0 Å². The molecule has 1 aliphatic rings. The lowest BCUT2D eigenvalue weighted by Gasteiger charge is -2.37. The van der Waals surface area contributed by atoms with Crippen molar-refractivity contribution in [2.75, 3.05) is 38.2 Å². The number of piperazine rings is 1. The van der Waals surface area contributed by atoms with E-state index in [0.29, 0.717) is 42.8 Å². The van der Waals surface area contributed by atoms with Crippen LogP contribution >= 0.6 is 15.9 Å². The molecule has 1 amide bonds. The molecule has 26 heavy (non-hydrogen) atoms. The molecule has 0 saturated carbocycles. The number of benzene rings is 1. The summed E-state index contributed by atoms with van der Waals surface area (Å²) in [6.07, 6.45) is -0.361. The fraction of sp³-hybridized carbons (Fsp3) is 0.556. The molecule has 1 saturated heterocycles. The van der Waals surface area contributed by atoms with Crippen LogP contribution in [0.15, 0.2) is 12.1 Å². The molecular formula is C18H24BrFN2O4. The molecule has 0 aliphatic carbocycles. The lowest BCUT2D eigenvalue weighted by atomic mass is 10.1. The molecule has 2 rings (SSSR count). The van der Waals surface area contributed by atoms with E-state index in [0.717, 1.165) is 0 Å². The van der Waals surface area contributed by atoms with Gasteiger partial charge in [-0.05, 0) is 38.5 Å². The first kappa shape index (κ1) is 20.5. The van der Waals surface area contributed by atoms with Crippen LogP contribution in [0.2, 0.25) is 0 Å². The average Bonchev–Trinajstić information content (AvgIpc) is 2.59. The second-order valence-electron chi connectivity index (χ2n) is 7.04. The minimum atomic E-state index is -0.570. The summed E-state index contributed by atoms with van der Waals surface area (Å²) < 4.78 is 24.6. The molecule has 1 aromatic rings. The number of hydrogen-bond acceptors (Lipinski definition) is 5. The van der Waals surface area contributed by atoms with Crippen molar-refractivity contribution in [1.29, 1.82) is 0 Å². The van der Waals surface area contributed by atoms with Crippen LogP contribution in [0.5, 0.6) is 0 Å². The van der Waals surface area contributed by atoms with Crippen LogP contribution in [0.3, 0.4) is 0 Å². The number of ether oxygens (including phenoxy) is 2. The highest BCUT2D eigenvalue weighted by atomic mass is 79.9. The fourth-order valence-corrected chi connectivity index (χ4v) is 3.18. The number of nitrogens with zero attached hydrogens (tertiary/aromatic N) is 2. The van der Waals surface area contributed by atoms with E-state index in [-0.39, 0.29) is 11.7 Å². The zero-order chi connectivity index (χ0) is 19.5. The zero-order valence-corrected chi connectivity index (χ0v) is 17.1. The predicted molar refractivity (Wildman–Crippen MR) is 100 cm³/mol. The fourth-order valence-electron chi connectivity index (χ4n) is 2.71. The summed E-state index contributed by atoms with van der Waals surface area (Å²) in [5.74, 6) is -1.06. The minimum Gasteiger partial charge on any atom is -0.465 e. The lowest BCUT2D eigenvalue weighted by molar-refractivity contribution is 0.0240. The molecule has 144 valence electrons. The van der Waals surface area contributed by atoms with Gasteiger partial charge in [-0.25, -0.2) is 14.0 Å². The molecule has 1 aliphatic heterocycles. The van der Waals surface area contributed by atoms with E-state index < -0.39 is 17.4 Å². The maximum atomic E-state index is 14.6. The maximum Gasteiger partial charge on any atom is 0.410 e. The van der Waals surface area contributed by atoms with E-state index in [1.165, 1.54) is 13.2 Å². The molecular weight excluding hydrogens is 407 g/mol. The van der Waals surface area contributed by atoms with Crippen molar-refractivity contribution in [3.05, 3.63) is 29.1 Å². The van der Waals surface area contributed by atoms with Crippen molar-refractivity contribution in [2.24, 2.45) is 0 Å². The van der Waals surface area contributed by atoms with Gasteiger partial charge in [0, 0.05) is 31.5 Å². The Kier molecular flexibility index (Phi) is 6.49. The molecule has 1 fully saturated rings. The van der Waals surface area contributed by atoms with Crippen LogP contribution in [-0.4, -0.2) is 55.9 Å². The molecule has 0 radical (unpaired) electrons. The van der Waals surface area contributed by atoms with E-state index in [4.69, 9.17) is 9.47 Å². The van der Waals surface area contributed by atoms with Gasteiger partial charge < -0.3 is 19.3 Å². The van der Waals surface area contributed by atoms with Crippen LogP contribution in [-0.2, 0) is 14.8 Å². The number of alkyl halides is 1. The summed E-state index contributed by atoms with van der Waals surface area (Å²) in [7, 11) is 1.27. The number of esters is 1. The van der Waals surface area contributed by atoms with Gasteiger partial charge in [0.05, 0.1) is 18.4 Å². The molecule has 0 N–H and O–H groups in total. The maximum absolute atomic E-state index is 14.6. The second kappa shape index (κ2) is 8.24. The number of methoxy groups -OCH3 is 1. The molecule has 1 heterocycles. The Morgan fingerprint density at radius 3 is 2.31 bits per heavy atom. The number of rotatable bonds is 3. The number of carbonyl (C=O) groups is 2. The Hall–Kier alpha value is -1.83. The van der Waals surface area contributed by atoms with Gasteiger partial charge in [0.1, 0.15) is 11.4 Å². The second-order valence-corrected chi connectivity index (χ2v) is 7.60. The van der Waals surface area contributed by atoms with Crippen molar-refractivity contribution >= 4 is 33.7 Å². The molecule has 8 heteroatoms. The summed E-state index contributed by atoms with van der Waals surface area (Å²) in [4.78, 5) is 27.4. The SMILES string of the molecule is COC(=O)c1cc(F)c(N2CCN(C(=O)OC(C)(C)C)CC2)cc1CBr. The summed E-state index contributed by atoms with van der Waals surface area (Å²) >= 11 is 3.33. The Bertz CT molecular complexity index is 683. The third kappa shape index (κ3) is 4.87. The van der Waals surface area contributed by atoms with E-state index in [9.17, 15) is 14.0 Å². The highest BCUT2D eigenvalue weighted by Crippen LogP contribution is 2.27. The van der Waals surface area contributed by atoms with Gasteiger partial charge in [0.2, 0.25) is 0 Å². The van der Waals surface area contributed by atoms with Gasteiger partial charge in [0.15, 0.2) is 0 Å². The summed E-state index contributed by atoms with van der Waals surface area (Å²) in [6, 6.07) is 2.86. The number of anilines is 1. The average molecular weight is 431 g/mol. The smallest absolute Gasteiger partial charge is 0.410 e. The first-order chi connectivity index (χ1) is 12.2. The predicted octanol–water partition coefficient (Wildman–Crippen LogP) is 3.56. The van der Waals surface area contributed by atoms with Gasteiger partial charge in [-0.15, -0.1) is 0 Å². The van der Waals surface area contributed by atoms with Gasteiger partial charge >= 0.3 is 12.1 Å². The van der Waals surface area contributed by atoms with E-state index in [1.54, 1.807) is 11.0 Å². The summed E-state index contributed by atoms with van der Waals surface area (Å²) in [6.45, 7) is 7.31. The molecule has 0 aromatic heterocycles. The molecule has 6 nitrogen and oxygen atoms in total. The van der Waals surface area contributed by atoms with Crippen LogP contribution in [0.25, 0.3) is 0 Å². The van der Waals surface area contributed by atoms with Crippen molar-refractivity contribution in [3.63, 3.8) is 0 Å².